The van der Waals surface area contributed by atoms with Crippen molar-refractivity contribution in [1.82, 2.24) is 10.3 Å². The van der Waals surface area contributed by atoms with E-state index in [9.17, 15) is 9.90 Å². The van der Waals surface area contributed by atoms with Crippen molar-refractivity contribution in [2.45, 2.75) is 37.9 Å². The predicted octanol–water partition coefficient (Wildman–Crippen LogP) is 3.97. The van der Waals surface area contributed by atoms with Crippen molar-refractivity contribution < 1.29 is 24.0 Å². The molecular formula is C23H22N2O5. The van der Waals surface area contributed by atoms with Crippen molar-refractivity contribution in [3.8, 4) is 5.75 Å². The van der Waals surface area contributed by atoms with Crippen LogP contribution in [0.1, 0.15) is 43.2 Å². The van der Waals surface area contributed by atoms with E-state index in [1.54, 1.807) is 49.6 Å². The molecule has 0 bridgehead atoms. The van der Waals surface area contributed by atoms with E-state index >= 15 is 0 Å². The number of hydrogen-bond acceptors (Lipinski definition) is 7. The molecule has 7 nitrogen and oxygen atoms in total. The highest BCUT2D eigenvalue weighted by Crippen LogP contribution is 2.48. The van der Waals surface area contributed by atoms with Crippen LogP contribution in [0, 0.1) is 5.92 Å². The number of rotatable bonds is 5. The third-order valence-electron chi connectivity index (χ3n) is 6.15. The van der Waals surface area contributed by atoms with Gasteiger partial charge in [-0.25, -0.2) is 9.42 Å². The minimum atomic E-state index is -1.81. The van der Waals surface area contributed by atoms with Gasteiger partial charge in [-0.3, -0.25) is 0 Å². The maximum Gasteiger partial charge on any atom is 0.341 e. The summed E-state index contributed by atoms with van der Waals surface area (Å²) in [4.78, 5) is 13.0. The minimum Gasteiger partial charge on any atom is -0.497 e. The van der Waals surface area contributed by atoms with Gasteiger partial charge in [0.25, 0.3) is 5.79 Å². The first kappa shape index (κ1) is 18.8. The van der Waals surface area contributed by atoms with Crippen molar-refractivity contribution in [3.05, 3.63) is 59.2 Å². The van der Waals surface area contributed by atoms with Crippen LogP contribution < -0.4 is 4.74 Å². The van der Waals surface area contributed by atoms with Crippen molar-refractivity contribution in [3.63, 3.8) is 0 Å². The lowest BCUT2D eigenvalue weighted by Gasteiger charge is -2.27. The average molecular weight is 406 g/mol. The summed E-state index contributed by atoms with van der Waals surface area (Å²) in [7, 11) is 1.58. The molecule has 1 fully saturated rings. The molecule has 30 heavy (non-hydrogen) atoms. The molecule has 1 N–H and O–H groups in total. The average Bonchev–Trinajstić information content (AvgIpc) is 3.49. The number of fused-ring (bicyclic) bond motifs is 1. The molecule has 154 valence electrons. The lowest BCUT2D eigenvalue weighted by molar-refractivity contribution is -0.185. The number of ether oxygens (including phenoxy) is 2. The first-order valence-corrected chi connectivity index (χ1v) is 10.1. The van der Waals surface area contributed by atoms with Gasteiger partial charge in [0.1, 0.15) is 16.8 Å². The monoisotopic (exact) mass is 406 g/mol. The molecule has 2 aliphatic rings. The van der Waals surface area contributed by atoms with Crippen molar-refractivity contribution >= 4 is 22.6 Å². The van der Waals surface area contributed by atoms with Gasteiger partial charge in [0.2, 0.25) is 0 Å². The van der Waals surface area contributed by atoms with Gasteiger partial charge in [-0.2, -0.15) is 0 Å². The maximum absolute atomic E-state index is 13.0. The Morgan fingerprint density at radius 1 is 1.10 bits per heavy atom. The molecule has 1 atom stereocenters. The highest BCUT2D eigenvalue weighted by Gasteiger charge is 2.48. The van der Waals surface area contributed by atoms with Gasteiger partial charge < -0.3 is 14.6 Å². The highest BCUT2D eigenvalue weighted by atomic mass is 16.7. The number of methoxy groups -OCH3 is 1. The first-order valence-electron chi connectivity index (χ1n) is 10.1. The molecule has 1 aliphatic carbocycles. The van der Waals surface area contributed by atoms with Crippen LogP contribution in [0.4, 0.5) is 0 Å². The van der Waals surface area contributed by atoms with E-state index in [1.807, 2.05) is 0 Å². The van der Waals surface area contributed by atoms with Crippen LogP contribution in [0.2, 0.25) is 0 Å². The van der Waals surface area contributed by atoms with Crippen LogP contribution in [-0.2, 0) is 15.3 Å². The summed E-state index contributed by atoms with van der Waals surface area (Å²) in [6, 6.07) is 12.2. The molecule has 0 amide bonds. The number of hydrogen-bond donors (Lipinski definition) is 1. The Morgan fingerprint density at radius 2 is 1.83 bits per heavy atom. The molecule has 0 spiro atoms. The topological polar surface area (TPSA) is 94.7 Å². The zero-order valence-corrected chi connectivity index (χ0v) is 16.6. The van der Waals surface area contributed by atoms with E-state index in [0.717, 1.165) is 12.8 Å². The summed E-state index contributed by atoms with van der Waals surface area (Å²) in [5, 5.41) is 19.3. The second-order valence-electron chi connectivity index (χ2n) is 7.94. The Labute approximate surface area is 173 Å². The Kier molecular flexibility index (Phi) is 4.55. The molecule has 3 aromatic rings. The van der Waals surface area contributed by atoms with Crippen LogP contribution in [0.15, 0.2) is 52.7 Å². The third-order valence-corrected chi connectivity index (χ3v) is 6.15. The molecule has 1 saturated carbocycles. The van der Waals surface area contributed by atoms with Crippen LogP contribution in [-0.4, -0.2) is 28.5 Å². The second-order valence-corrected chi connectivity index (χ2v) is 7.94. The fraction of sp³-hybridized carbons (Fsp3) is 0.348. The van der Waals surface area contributed by atoms with Gasteiger partial charge >= 0.3 is 5.97 Å². The maximum atomic E-state index is 13.0. The van der Waals surface area contributed by atoms with Crippen LogP contribution in [0.5, 0.6) is 5.75 Å². The van der Waals surface area contributed by atoms with Crippen LogP contribution >= 0.6 is 0 Å². The van der Waals surface area contributed by atoms with Crippen molar-refractivity contribution in [1.29, 1.82) is 0 Å². The molecular weight excluding hydrogens is 384 g/mol. The molecule has 1 aromatic heterocycles. The standard InChI is InChI=1S/C23H22N2O5/c1-28-17-9-7-16(8-10-17)23(27)18(12-14-4-2-3-5-14)21(22(26)29-23)15-6-11-19-20(13-15)25-30-24-19/h6-11,13-14,27H,2-5,12H2,1H3. The molecule has 2 heterocycles. The summed E-state index contributed by atoms with van der Waals surface area (Å²) < 4.78 is 15.6. The third kappa shape index (κ3) is 3.06. The lowest BCUT2D eigenvalue weighted by atomic mass is 9.85. The number of esters is 1. The SMILES string of the molecule is COc1ccc(C2(O)OC(=O)C(c3ccc4nonc4c3)=C2CC2CCCC2)cc1. The summed E-state index contributed by atoms with van der Waals surface area (Å²) in [5.74, 6) is -1.28. The number of carbonyl (C=O) groups is 1. The Hall–Kier alpha value is -3.19. The quantitative estimate of drug-likeness (QED) is 0.641. The fourth-order valence-electron chi connectivity index (χ4n) is 4.56. The van der Waals surface area contributed by atoms with Crippen LogP contribution in [0.25, 0.3) is 16.6 Å². The summed E-state index contributed by atoms with van der Waals surface area (Å²) in [6.45, 7) is 0. The molecule has 5 rings (SSSR count). The molecule has 7 heteroatoms. The van der Waals surface area contributed by atoms with Gasteiger partial charge in [-0.15, -0.1) is 0 Å². The normalized spacial score (nSPS) is 22.1. The second kappa shape index (κ2) is 7.25. The van der Waals surface area contributed by atoms with E-state index in [2.05, 4.69) is 10.3 Å². The lowest BCUT2D eigenvalue weighted by Crippen LogP contribution is -2.29. The fourth-order valence-corrected chi connectivity index (χ4v) is 4.56. The number of carbonyl (C=O) groups excluding carboxylic acids is 1. The van der Waals surface area contributed by atoms with Gasteiger partial charge in [-0.1, -0.05) is 31.7 Å². The zero-order valence-electron chi connectivity index (χ0n) is 16.6. The van der Waals surface area contributed by atoms with Gasteiger partial charge in [-0.05, 0) is 64.6 Å². The van der Waals surface area contributed by atoms with E-state index in [4.69, 9.17) is 14.1 Å². The molecule has 2 aromatic carbocycles. The number of aliphatic hydroxyl groups is 1. The smallest absolute Gasteiger partial charge is 0.341 e. The van der Waals surface area contributed by atoms with E-state index in [0.29, 0.717) is 51.4 Å². The summed E-state index contributed by atoms with van der Waals surface area (Å²) >= 11 is 0. The molecule has 0 saturated heterocycles. The Balaban J connectivity index is 1.65. The summed E-state index contributed by atoms with van der Waals surface area (Å²) in [6.07, 6.45) is 5.09. The first-order chi connectivity index (χ1) is 14.6. The van der Waals surface area contributed by atoms with E-state index in [1.165, 1.54) is 12.8 Å². The Bertz CT molecular complexity index is 1130. The highest BCUT2D eigenvalue weighted by molar-refractivity contribution is 6.20. The number of cyclic esters (lactones) is 1. The number of nitrogens with zero attached hydrogens (tertiary/aromatic N) is 2. The zero-order chi connectivity index (χ0) is 20.7. The number of aromatic nitrogens is 2. The van der Waals surface area contributed by atoms with Crippen molar-refractivity contribution in [2.75, 3.05) is 7.11 Å². The molecule has 1 unspecified atom stereocenters. The van der Waals surface area contributed by atoms with E-state index in [-0.39, 0.29) is 0 Å². The molecule has 0 radical (unpaired) electrons. The van der Waals surface area contributed by atoms with E-state index < -0.39 is 11.8 Å². The van der Waals surface area contributed by atoms with Crippen LogP contribution in [0.3, 0.4) is 0 Å². The van der Waals surface area contributed by atoms with Crippen molar-refractivity contribution in [2.24, 2.45) is 5.92 Å². The minimum absolute atomic E-state index is 0.394. The number of benzene rings is 2. The van der Waals surface area contributed by atoms with Gasteiger partial charge in [0.05, 0.1) is 12.7 Å². The largest absolute Gasteiger partial charge is 0.497 e. The van der Waals surface area contributed by atoms with Gasteiger partial charge in [0, 0.05) is 11.1 Å². The summed E-state index contributed by atoms with van der Waals surface area (Å²) in [5.41, 5.74) is 3.29. The van der Waals surface area contributed by atoms with Gasteiger partial charge in [0.15, 0.2) is 0 Å². The molecule has 1 aliphatic heterocycles. The predicted molar refractivity (Wildman–Crippen MR) is 108 cm³/mol. The Morgan fingerprint density at radius 3 is 2.57 bits per heavy atom.